The molecule has 0 saturated heterocycles. The van der Waals surface area contributed by atoms with Gasteiger partial charge in [-0.15, -0.1) is 0 Å². The number of hydrazone groups is 1. The van der Waals surface area contributed by atoms with Crippen LogP contribution in [0.3, 0.4) is 0 Å². The number of rotatable bonds is 9. The molecule has 172 valence electrons. The van der Waals surface area contributed by atoms with Gasteiger partial charge in [-0.1, -0.05) is 68.3 Å². The molecule has 3 aromatic rings. The summed E-state index contributed by atoms with van der Waals surface area (Å²) in [6, 6.07) is 15.5. The number of primary amides is 1. The largest absolute Gasteiger partial charge is 0.506 e. The lowest BCUT2D eigenvalue weighted by molar-refractivity contribution is -0.121. The fraction of sp³-hybridized carbons (Fsp3) is 0.240. The molecule has 0 radical (unpaired) electrons. The number of halogens is 1. The molecule has 3 rings (SSSR count). The Morgan fingerprint density at radius 2 is 1.88 bits per heavy atom. The molecule has 33 heavy (non-hydrogen) atoms. The number of aromatic hydroxyl groups is 1. The number of fused-ring (bicyclic) bond motifs is 1. The van der Waals surface area contributed by atoms with Crippen LogP contribution in [-0.2, 0) is 11.3 Å². The Balaban J connectivity index is 1.78. The normalized spacial score (nSPS) is 13.2. The van der Waals surface area contributed by atoms with Crippen LogP contribution < -0.4 is 16.5 Å². The average Bonchev–Trinajstić information content (AvgIpc) is 2.81. The van der Waals surface area contributed by atoms with Crippen molar-refractivity contribution in [2.24, 2.45) is 16.8 Å². The van der Waals surface area contributed by atoms with Crippen molar-refractivity contribution in [2.45, 2.75) is 32.9 Å². The van der Waals surface area contributed by atoms with Crippen molar-refractivity contribution >= 4 is 40.4 Å². The molecule has 0 fully saturated rings. The minimum absolute atomic E-state index is 0.0914. The number of carbonyl (C=O) groups is 2. The van der Waals surface area contributed by atoms with E-state index >= 15 is 0 Å². The van der Waals surface area contributed by atoms with Gasteiger partial charge in [0, 0.05) is 17.7 Å². The molecule has 0 aliphatic heterocycles. The average molecular weight is 467 g/mol. The number of nitrogens with one attached hydrogen (secondary N) is 2. The van der Waals surface area contributed by atoms with Gasteiger partial charge < -0.3 is 16.2 Å². The number of nitrogens with zero attached hydrogens (tertiary/aromatic N) is 1. The Bertz CT molecular complexity index is 1200. The van der Waals surface area contributed by atoms with Crippen molar-refractivity contribution in [2.75, 3.05) is 0 Å². The molecule has 5 N–H and O–H groups in total. The molecule has 3 aromatic carbocycles. The highest BCUT2D eigenvalue weighted by atomic mass is 35.5. The Hall–Kier alpha value is -3.42. The van der Waals surface area contributed by atoms with E-state index in [2.05, 4.69) is 15.8 Å². The zero-order valence-corrected chi connectivity index (χ0v) is 19.3. The number of phenols is 1. The predicted octanol–water partition coefficient (Wildman–Crippen LogP) is 3.95. The summed E-state index contributed by atoms with van der Waals surface area (Å²) in [5.74, 6) is -0.764. The van der Waals surface area contributed by atoms with Gasteiger partial charge in [0.05, 0.1) is 17.3 Å². The highest BCUT2D eigenvalue weighted by Crippen LogP contribution is 2.24. The van der Waals surface area contributed by atoms with Crippen LogP contribution in [0.4, 0.5) is 0 Å². The van der Waals surface area contributed by atoms with Crippen LogP contribution in [0.15, 0.2) is 59.7 Å². The highest BCUT2D eigenvalue weighted by Gasteiger charge is 2.21. The van der Waals surface area contributed by atoms with E-state index in [1.54, 1.807) is 6.21 Å². The first kappa shape index (κ1) is 24.2. The van der Waals surface area contributed by atoms with Gasteiger partial charge in [0.2, 0.25) is 5.91 Å². The Labute approximate surface area is 197 Å². The van der Waals surface area contributed by atoms with Crippen molar-refractivity contribution in [3.63, 3.8) is 0 Å². The van der Waals surface area contributed by atoms with E-state index in [1.807, 2.05) is 50.2 Å². The molecular formula is C25H27ClN4O3. The van der Waals surface area contributed by atoms with E-state index < -0.39 is 11.9 Å². The number of carbonyl (C=O) groups excluding carboxylic acids is 2. The zero-order chi connectivity index (χ0) is 24.0. The second-order valence-corrected chi connectivity index (χ2v) is 8.28. The van der Waals surface area contributed by atoms with E-state index in [-0.39, 0.29) is 28.2 Å². The SMILES string of the molecule is CCC(C)C(NCc1ccc(C=NNC(=O)c2ccc(O)c(Cl)c2)c2ccccc12)C(N)=O. The molecule has 8 heteroatoms. The standard InChI is InChI=1S/C25H27ClN4O3/c1-3-15(2)23(24(27)32)28-13-17-8-9-18(20-7-5-4-6-19(17)20)14-29-30-25(33)16-10-11-22(31)21(26)12-16/h4-12,14-15,23,28,31H,3,13H2,1-2H3,(H2,27,32)(H,30,33). The van der Waals surface area contributed by atoms with E-state index in [9.17, 15) is 14.7 Å². The van der Waals surface area contributed by atoms with Gasteiger partial charge in [-0.05, 0) is 40.5 Å². The van der Waals surface area contributed by atoms with Crippen LogP contribution in [0.1, 0.15) is 41.8 Å². The molecule has 0 aliphatic rings. The second kappa shape index (κ2) is 10.9. The smallest absolute Gasteiger partial charge is 0.271 e. The van der Waals surface area contributed by atoms with Gasteiger partial charge in [-0.25, -0.2) is 5.43 Å². The number of phenolic OH excluding ortho intramolecular Hbond substituents is 1. The van der Waals surface area contributed by atoms with Gasteiger partial charge in [-0.3, -0.25) is 9.59 Å². The number of nitrogens with two attached hydrogens (primary N) is 1. The predicted molar refractivity (Wildman–Crippen MR) is 131 cm³/mol. The molecule has 7 nitrogen and oxygen atoms in total. The molecule has 0 aromatic heterocycles. The maximum Gasteiger partial charge on any atom is 0.271 e. The van der Waals surface area contributed by atoms with Crippen LogP contribution in [-0.4, -0.2) is 29.2 Å². The molecule has 0 spiro atoms. The molecule has 2 amide bonds. The Morgan fingerprint density at radius 1 is 1.15 bits per heavy atom. The van der Waals surface area contributed by atoms with E-state index in [0.29, 0.717) is 6.54 Å². The Morgan fingerprint density at radius 3 is 2.55 bits per heavy atom. The van der Waals surface area contributed by atoms with Crippen LogP contribution >= 0.6 is 11.6 Å². The monoisotopic (exact) mass is 466 g/mol. The fourth-order valence-electron chi connectivity index (χ4n) is 3.56. The number of amides is 2. The highest BCUT2D eigenvalue weighted by molar-refractivity contribution is 6.32. The third-order valence-corrected chi connectivity index (χ3v) is 5.96. The lowest BCUT2D eigenvalue weighted by Gasteiger charge is -2.21. The van der Waals surface area contributed by atoms with Crippen molar-refractivity contribution in [3.05, 3.63) is 76.3 Å². The first-order chi connectivity index (χ1) is 15.8. The number of hydrogen-bond acceptors (Lipinski definition) is 5. The van der Waals surface area contributed by atoms with Gasteiger partial charge in [0.25, 0.3) is 5.91 Å². The first-order valence-corrected chi connectivity index (χ1v) is 11.0. The fourth-order valence-corrected chi connectivity index (χ4v) is 3.74. The lowest BCUT2D eigenvalue weighted by atomic mass is 9.97. The van der Waals surface area contributed by atoms with Crippen LogP contribution in [0.2, 0.25) is 5.02 Å². The van der Waals surface area contributed by atoms with Crippen molar-refractivity contribution in [1.29, 1.82) is 0 Å². The van der Waals surface area contributed by atoms with Gasteiger partial charge in [0.15, 0.2) is 0 Å². The molecule has 2 unspecified atom stereocenters. The van der Waals surface area contributed by atoms with Gasteiger partial charge in [0.1, 0.15) is 5.75 Å². The Kier molecular flexibility index (Phi) is 8.03. The number of hydrogen-bond donors (Lipinski definition) is 4. The molecular weight excluding hydrogens is 440 g/mol. The van der Waals surface area contributed by atoms with Crippen molar-refractivity contribution < 1.29 is 14.7 Å². The van der Waals surface area contributed by atoms with Crippen LogP contribution in [0, 0.1) is 5.92 Å². The summed E-state index contributed by atoms with van der Waals surface area (Å²) in [5, 5.41) is 18.9. The zero-order valence-electron chi connectivity index (χ0n) is 18.5. The molecule has 0 aliphatic carbocycles. The summed E-state index contributed by atoms with van der Waals surface area (Å²) in [7, 11) is 0. The molecule has 0 heterocycles. The molecule has 0 saturated carbocycles. The van der Waals surface area contributed by atoms with Gasteiger partial charge in [-0.2, -0.15) is 5.10 Å². The lowest BCUT2D eigenvalue weighted by Crippen LogP contribution is -2.45. The third-order valence-electron chi connectivity index (χ3n) is 5.66. The van der Waals surface area contributed by atoms with Crippen molar-refractivity contribution in [3.8, 4) is 5.75 Å². The summed E-state index contributed by atoms with van der Waals surface area (Å²) in [5.41, 5.74) is 10.2. The van der Waals surface area contributed by atoms with E-state index in [1.165, 1.54) is 18.2 Å². The summed E-state index contributed by atoms with van der Waals surface area (Å²) >= 11 is 5.86. The summed E-state index contributed by atoms with van der Waals surface area (Å²) in [6.45, 7) is 4.52. The number of benzene rings is 3. The van der Waals surface area contributed by atoms with E-state index in [4.69, 9.17) is 17.3 Å². The van der Waals surface area contributed by atoms with Crippen LogP contribution in [0.25, 0.3) is 10.8 Å². The van der Waals surface area contributed by atoms with Crippen LogP contribution in [0.5, 0.6) is 5.75 Å². The summed E-state index contributed by atoms with van der Waals surface area (Å²) in [6.07, 6.45) is 2.42. The second-order valence-electron chi connectivity index (χ2n) is 7.87. The summed E-state index contributed by atoms with van der Waals surface area (Å²) < 4.78 is 0. The third kappa shape index (κ3) is 5.88. The topological polar surface area (TPSA) is 117 Å². The first-order valence-electron chi connectivity index (χ1n) is 10.7. The molecule has 2 atom stereocenters. The summed E-state index contributed by atoms with van der Waals surface area (Å²) in [4.78, 5) is 24.1. The van der Waals surface area contributed by atoms with Crippen molar-refractivity contribution in [1.82, 2.24) is 10.7 Å². The minimum Gasteiger partial charge on any atom is -0.506 e. The minimum atomic E-state index is -0.444. The quantitative estimate of drug-likeness (QED) is 0.282. The maximum absolute atomic E-state index is 12.3. The van der Waals surface area contributed by atoms with E-state index in [0.717, 1.165) is 28.3 Å². The van der Waals surface area contributed by atoms with Gasteiger partial charge >= 0.3 is 0 Å². The maximum atomic E-state index is 12.3. The molecule has 0 bridgehead atoms.